The third-order valence-electron chi connectivity index (χ3n) is 5.12. The zero-order valence-corrected chi connectivity index (χ0v) is 21.1. The summed E-state index contributed by atoms with van der Waals surface area (Å²) in [6.45, 7) is 6.77. The first-order valence-electron chi connectivity index (χ1n) is 11.1. The number of nitriles is 1. The van der Waals surface area contributed by atoms with Crippen LogP contribution in [-0.2, 0) is 17.8 Å². The number of carbonyl (C=O) groups excluding carboxylic acids is 1. The first kappa shape index (κ1) is 25.1. The Bertz CT molecular complexity index is 1240. The van der Waals surface area contributed by atoms with E-state index in [2.05, 4.69) is 27.3 Å². The van der Waals surface area contributed by atoms with Crippen LogP contribution in [0.4, 0.5) is 5.69 Å². The van der Waals surface area contributed by atoms with Crippen molar-refractivity contribution in [3.63, 3.8) is 0 Å². The molecule has 0 heterocycles. The minimum Gasteiger partial charge on any atom is -0.490 e. The smallest absolute Gasteiger partial charge is 0.266 e. The van der Waals surface area contributed by atoms with Gasteiger partial charge in [-0.05, 0) is 77.2 Å². The molecule has 0 saturated heterocycles. The van der Waals surface area contributed by atoms with Crippen molar-refractivity contribution in [2.45, 2.75) is 33.8 Å². The molecule has 0 radical (unpaired) electrons. The highest BCUT2D eigenvalue weighted by Gasteiger charge is 2.15. The average molecular weight is 519 g/mol. The summed E-state index contributed by atoms with van der Waals surface area (Å²) in [5.41, 5.74) is 4.56. The molecular formula is C28H27BrN2O3. The molecule has 6 heteroatoms. The Morgan fingerprint density at radius 2 is 1.88 bits per heavy atom. The van der Waals surface area contributed by atoms with E-state index in [1.165, 1.54) is 0 Å². The van der Waals surface area contributed by atoms with Gasteiger partial charge in [-0.25, -0.2) is 0 Å². The van der Waals surface area contributed by atoms with E-state index in [1.807, 2.05) is 69.3 Å². The van der Waals surface area contributed by atoms with Crippen LogP contribution in [0.5, 0.6) is 11.5 Å². The summed E-state index contributed by atoms with van der Waals surface area (Å²) in [7, 11) is 0. The van der Waals surface area contributed by atoms with Gasteiger partial charge in [-0.15, -0.1) is 0 Å². The van der Waals surface area contributed by atoms with Crippen LogP contribution >= 0.6 is 15.9 Å². The number of hydrogen-bond donors (Lipinski definition) is 1. The number of para-hydroxylation sites is 1. The van der Waals surface area contributed by atoms with Gasteiger partial charge < -0.3 is 14.8 Å². The second-order valence-corrected chi connectivity index (χ2v) is 8.53. The number of rotatable bonds is 9. The van der Waals surface area contributed by atoms with Gasteiger partial charge >= 0.3 is 0 Å². The van der Waals surface area contributed by atoms with E-state index in [1.54, 1.807) is 18.2 Å². The summed E-state index contributed by atoms with van der Waals surface area (Å²) in [4.78, 5) is 12.8. The van der Waals surface area contributed by atoms with Gasteiger partial charge in [0.25, 0.3) is 5.91 Å². The maximum atomic E-state index is 12.8. The molecule has 0 aliphatic rings. The second kappa shape index (κ2) is 12.1. The van der Waals surface area contributed by atoms with Gasteiger partial charge in [0.1, 0.15) is 18.2 Å². The van der Waals surface area contributed by atoms with E-state index in [-0.39, 0.29) is 5.57 Å². The number of anilines is 1. The molecule has 0 spiro atoms. The lowest BCUT2D eigenvalue weighted by molar-refractivity contribution is -0.112. The van der Waals surface area contributed by atoms with Crippen LogP contribution in [0.3, 0.4) is 0 Å². The first-order chi connectivity index (χ1) is 16.4. The molecule has 1 N–H and O–H groups in total. The lowest BCUT2D eigenvalue weighted by Gasteiger charge is -2.15. The van der Waals surface area contributed by atoms with Gasteiger partial charge in [0.15, 0.2) is 11.5 Å². The van der Waals surface area contributed by atoms with Gasteiger partial charge in [-0.3, -0.25) is 4.79 Å². The third-order valence-corrected chi connectivity index (χ3v) is 5.71. The van der Waals surface area contributed by atoms with Gasteiger partial charge in [0.2, 0.25) is 0 Å². The molecule has 0 fully saturated rings. The van der Waals surface area contributed by atoms with Crippen LogP contribution < -0.4 is 14.8 Å². The lowest BCUT2D eigenvalue weighted by Crippen LogP contribution is -2.14. The topological polar surface area (TPSA) is 71.3 Å². The predicted octanol–water partition coefficient (Wildman–Crippen LogP) is 6.84. The number of aryl methyl sites for hydroxylation is 2. The average Bonchev–Trinajstić information content (AvgIpc) is 2.82. The lowest BCUT2D eigenvalue weighted by atomic mass is 10.1. The highest BCUT2D eigenvalue weighted by molar-refractivity contribution is 9.10. The maximum Gasteiger partial charge on any atom is 0.266 e. The van der Waals surface area contributed by atoms with Crippen molar-refractivity contribution in [1.82, 2.24) is 0 Å². The van der Waals surface area contributed by atoms with Crippen molar-refractivity contribution in [3.8, 4) is 17.6 Å². The molecule has 1 amide bonds. The van der Waals surface area contributed by atoms with E-state index in [9.17, 15) is 10.1 Å². The Balaban J connectivity index is 1.86. The predicted molar refractivity (Wildman–Crippen MR) is 139 cm³/mol. The Labute approximate surface area is 209 Å². The van der Waals surface area contributed by atoms with Crippen molar-refractivity contribution < 1.29 is 14.3 Å². The van der Waals surface area contributed by atoms with Crippen molar-refractivity contribution in [2.75, 3.05) is 11.9 Å². The number of hydrogen-bond acceptors (Lipinski definition) is 4. The molecule has 0 aliphatic heterocycles. The number of benzene rings is 3. The van der Waals surface area contributed by atoms with Gasteiger partial charge in [0.05, 0.1) is 11.1 Å². The molecule has 34 heavy (non-hydrogen) atoms. The molecule has 0 bridgehead atoms. The summed E-state index contributed by atoms with van der Waals surface area (Å²) >= 11 is 3.56. The Morgan fingerprint density at radius 1 is 1.09 bits per heavy atom. The van der Waals surface area contributed by atoms with E-state index in [4.69, 9.17) is 9.47 Å². The summed E-state index contributed by atoms with van der Waals surface area (Å²) < 4.78 is 12.5. The normalized spacial score (nSPS) is 11.0. The van der Waals surface area contributed by atoms with Gasteiger partial charge in [-0.2, -0.15) is 5.26 Å². The molecule has 3 aromatic rings. The fourth-order valence-corrected chi connectivity index (χ4v) is 4.06. The zero-order chi connectivity index (χ0) is 24.5. The summed E-state index contributed by atoms with van der Waals surface area (Å²) in [5.74, 6) is 0.641. The number of carbonyl (C=O) groups is 1. The van der Waals surface area contributed by atoms with E-state index < -0.39 is 5.91 Å². The van der Waals surface area contributed by atoms with Crippen LogP contribution in [0.2, 0.25) is 0 Å². The van der Waals surface area contributed by atoms with Crippen LogP contribution in [0.25, 0.3) is 6.08 Å². The molecule has 0 atom stereocenters. The molecular weight excluding hydrogens is 492 g/mol. The third kappa shape index (κ3) is 6.49. The minimum absolute atomic E-state index is 0.00585. The molecule has 174 valence electrons. The first-order valence-corrected chi connectivity index (χ1v) is 11.9. The van der Waals surface area contributed by atoms with Crippen LogP contribution in [-0.4, -0.2) is 12.5 Å². The molecule has 0 saturated carbocycles. The maximum absolute atomic E-state index is 12.8. The summed E-state index contributed by atoms with van der Waals surface area (Å²) in [5, 5.41) is 12.5. The van der Waals surface area contributed by atoms with E-state index >= 15 is 0 Å². The van der Waals surface area contributed by atoms with Crippen molar-refractivity contribution in [3.05, 3.63) is 93.0 Å². The van der Waals surface area contributed by atoms with Crippen LogP contribution in [0.1, 0.15) is 36.1 Å². The monoisotopic (exact) mass is 518 g/mol. The summed E-state index contributed by atoms with van der Waals surface area (Å²) in [6, 6.07) is 21.2. The number of ether oxygens (including phenoxy) is 2. The Morgan fingerprint density at radius 3 is 2.59 bits per heavy atom. The Kier molecular flexibility index (Phi) is 8.89. The highest BCUT2D eigenvalue weighted by atomic mass is 79.9. The molecule has 3 rings (SSSR count). The van der Waals surface area contributed by atoms with Crippen molar-refractivity contribution >= 4 is 33.6 Å². The highest BCUT2D eigenvalue weighted by Crippen LogP contribution is 2.38. The van der Waals surface area contributed by atoms with Crippen molar-refractivity contribution in [2.24, 2.45) is 0 Å². The van der Waals surface area contributed by atoms with Crippen LogP contribution in [0.15, 0.2) is 70.7 Å². The quantitative estimate of drug-likeness (QED) is 0.248. The van der Waals surface area contributed by atoms with Crippen molar-refractivity contribution in [1.29, 1.82) is 5.26 Å². The zero-order valence-electron chi connectivity index (χ0n) is 19.5. The molecule has 0 aliphatic carbocycles. The molecule has 3 aromatic carbocycles. The van der Waals surface area contributed by atoms with E-state index in [0.29, 0.717) is 40.4 Å². The van der Waals surface area contributed by atoms with Gasteiger partial charge in [-0.1, -0.05) is 55.0 Å². The molecule has 0 unspecified atom stereocenters. The van der Waals surface area contributed by atoms with Gasteiger partial charge in [0, 0.05) is 5.69 Å². The number of halogens is 1. The number of amides is 1. The largest absolute Gasteiger partial charge is 0.490 e. The second-order valence-electron chi connectivity index (χ2n) is 7.68. The van der Waals surface area contributed by atoms with E-state index in [0.717, 1.165) is 23.1 Å². The summed E-state index contributed by atoms with van der Waals surface area (Å²) in [6.07, 6.45) is 2.32. The number of nitrogens with zero attached hydrogens (tertiary/aromatic N) is 1. The fourth-order valence-electron chi connectivity index (χ4n) is 3.49. The minimum atomic E-state index is -0.461. The number of nitrogens with one attached hydrogen (secondary N) is 1. The molecule has 0 aromatic heterocycles. The fraction of sp³-hybridized carbons (Fsp3) is 0.214. The van der Waals surface area contributed by atoms with Crippen LogP contribution in [0, 0.1) is 18.3 Å². The molecule has 5 nitrogen and oxygen atoms in total. The SMILES string of the molecule is CCOc1cc(/C=C(\C#N)C(=O)Nc2ccccc2CC)cc(Br)c1OCc1cccc(C)c1. The standard InChI is InChI=1S/C28H27BrN2O3/c1-4-22-11-6-7-12-25(22)31-28(32)23(17-30)14-21-15-24(29)27(26(16-21)33-5-2)34-18-20-10-8-9-19(3)13-20/h6-16H,4-5,18H2,1-3H3,(H,31,32)/b23-14+. The Hall–Kier alpha value is -3.56.